The molecule has 0 radical (unpaired) electrons. The van der Waals surface area contributed by atoms with Crippen molar-refractivity contribution >= 4 is 6.09 Å². The Balaban J connectivity index is 2.02. The van der Waals surface area contributed by atoms with Crippen LogP contribution in [0.3, 0.4) is 0 Å². The predicted octanol–water partition coefficient (Wildman–Crippen LogP) is 4.51. The highest BCUT2D eigenvalue weighted by atomic mass is 16.4. The summed E-state index contributed by atoms with van der Waals surface area (Å²) >= 11 is 0. The van der Waals surface area contributed by atoms with E-state index in [9.17, 15) is 15.0 Å². The van der Waals surface area contributed by atoms with Crippen LogP contribution in [0.1, 0.15) is 71.6 Å². The third-order valence-electron chi connectivity index (χ3n) is 5.69. The second kappa shape index (κ2) is 8.61. The van der Waals surface area contributed by atoms with Crippen LogP contribution in [0, 0.1) is 5.92 Å². The second-order valence-corrected chi connectivity index (χ2v) is 9.15. The van der Waals surface area contributed by atoms with Crippen LogP contribution in [0.25, 0.3) is 0 Å². The number of nitrogens with zero attached hydrogens (tertiary/aromatic N) is 2. The molecule has 0 bridgehead atoms. The molecule has 1 saturated heterocycles. The van der Waals surface area contributed by atoms with E-state index in [1.54, 1.807) is 0 Å². The van der Waals surface area contributed by atoms with E-state index in [0.29, 0.717) is 12.0 Å². The van der Waals surface area contributed by atoms with E-state index in [1.807, 2.05) is 39.8 Å². The fraction of sp³-hybridized carbons (Fsp3) is 0.682. The van der Waals surface area contributed by atoms with Gasteiger partial charge in [-0.05, 0) is 77.8 Å². The van der Waals surface area contributed by atoms with E-state index in [0.717, 1.165) is 31.4 Å². The fourth-order valence-corrected chi connectivity index (χ4v) is 4.27. The third kappa shape index (κ3) is 5.45. The molecular weight excluding hydrogens is 340 g/mol. The lowest BCUT2D eigenvalue weighted by Crippen LogP contribution is -2.46. The lowest BCUT2D eigenvalue weighted by atomic mass is 9.88. The van der Waals surface area contributed by atoms with Crippen molar-refractivity contribution in [2.75, 3.05) is 6.54 Å². The molecule has 5 nitrogen and oxygen atoms in total. The van der Waals surface area contributed by atoms with E-state index < -0.39 is 11.6 Å². The summed E-state index contributed by atoms with van der Waals surface area (Å²) in [5, 5.41) is 20.0. The first-order chi connectivity index (χ1) is 12.5. The second-order valence-electron chi connectivity index (χ2n) is 9.15. The molecule has 1 aliphatic heterocycles. The number of carboxylic acid groups (broad SMARTS) is 1. The molecule has 0 spiro atoms. The maximum atomic E-state index is 11.7. The highest BCUT2D eigenvalue weighted by Crippen LogP contribution is 2.30. The number of rotatable bonds is 5. The third-order valence-corrected chi connectivity index (χ3v) is 5.69. The molecule has 3 atom stereocenters. The molecule has 1 heterocycles. The molecule has 152 valence electrons. The van der Waals surface area contributed by atoms with Crippen molar-refractivity contribution in [3.05, 3.63) is 35.4 Å². The van der Waals surface area contributed by atoms with Crippen molar-refractivity contribution in [2.24, 2.45) is 5.92 Å². The quantitative estimate of drug-likeness (QED) is 0.794. The minimum atomic E-state index is -0.898. The number of benzene rings is 1. The number of likely N-dealkylation sites (tertiary alicyclic amines) is 1. The Labute approximate surface area is 164 Å². The van der Waals surface area contributed by atoms with Gasteiger partial charge in [0.05, 0.1) is 6.04 Å². The van der Waals surface area contributed by atoms with Gasteiger partial charge in [-0.3, -0.25) is 9.80 Å². The maximum Gasteiger partial charge on any atom is 0.408 e. The van der Waals surface area contributed by atoms with Gasteiger partial charge >= 0.3 is 6.09 Å². The van der Waals surface area contributed by atoms with Gasteiger partial charge in [-0.25, -0.2) is 4.79 Å². The first-order valence-electron chi connectivity index (χ1n) is 10.1. The zero-order chi connectivity index (χ0) is 20.4. The summed E-state index contributed by atoms with van der Waals surface area (Å²) in [5.74, 6) is 0.489. The molecule has 1 aliphatic rings. The van der Waals surface area contributed by atoms with Crippen LogP contribution in [-0.4, -0.2) is 50.5 Å². The van der Waals surface area contributed by atoms with E-state index in [1.165, 1.54) is 10.5 Å². The SMILES string of the molecule is CC(C)N1CCC(Cc2ccc([C@H](C)N(C(=O)O)C(C)(C)C)cc2)CC1O. The van der Waals surface area contributed by atoms with Gasteiger partial charge in [0, 0.05) is 18.1 Å². The number of aliphatic hydroxyl groups excluding tert-OH is 1. The minimum absolute atomic E-state index is 0.201. The number of amides is 1. The molecule has 2 N–H and O–H groups in total. The van der Waals surface area contributed by atoms with Crippen LogP contribution in [0.15, 0.2) is 24.3 Å². The fourth-order valence-electron chi connectivity index (χ4n) is 4.27. The van der Waals surface area contributed by atoms with Crippen molar-refractivity contribution < 1.29 is 15.0 Å². The first-order valence-corrected chi connectivity index (χ1v) is 10.1. The molecule has 1 fully saturated rings. The number of carbonyl (C=O) groups is 1. The highest BCUT2D eigenvalue weighted by molar-refractivity contribution is 5.66. The summed E-state index contributed by atoms with van der Waals surface area (Å²) in [6.07, 6.45) is 1.63. The molecule has 2 rings (SSSR count). The lowest BCUT2D eigenvalue weighted by Gasteiger charge is -2.39. The zero-order valence-electron chi connectivity index (χ0n) is 17.6. The van der Waals surface area contributed by atoms with Crippen LogP contribution in [0.5, 0.6) is 0 Å². The van der Waals surface area contributed by atoms with Crippen molar-refractivity contribution in [1.29, 1.82) is 0 Å². The van der Waals surface area contributed by atoms with Crippen LogP contribution >= 0.6 is 0 Å². The summed E-state index contributed by atoms with van der Waals surface area (Å²) in [6, 6.07) is 8.48. The minimum Gasteiger partial charge on any atom is -0.465 e. The van der Waals surface area contributed by atoms with Crippen LogP contribution in [0.2, 0.25) is 0 Å². The van der Waals surface area contributed by atoms with Gasteiger partial charge in [-0.15, -0.1) is 0 Å². The first kappa shape index (κ1) is 21.7. The zero-order valence-corrected chi connectivity index (χ0v) is 17.6. The van der Waals surface area contributed by atoms with Gasteiger partial charge in [0.1, 0.15) is 6.23 Å². The summed E-state index contributed by atoms with van der Waals surface area (Å²) in [6.45, 7) is 12.9. The van der Waals surface area contributed by atoms with Crippen LogP contribution < -0.4 is 0 Å². The number of aliphatic hydroxyl groups is 1. The van der Waals surface area contributed by atoms with Crippen LogP contribution in [-0.2, 0) is 6.42 Å². The van der Waals surface area contributed by atoms with Crippen LogP contribution in [0.4, 0.5) is 4.79 Å². The van der Waals surface area contributed by atoms with E-state index in [4.69, 9.17) is 0 Å². The molecule has 0 saturated carbocycles. The van der Waals surface area contributed by atoms with E-state index in [2.05, 4.69) is 30.9 Å². The van der Waals surface area contributed by atoms with Crippen molar-refractivity contribution in [2.45, 2.75) is 84.7 Å². The molecule has 2 unspecified atom stereocenters. The summed E-state index contributed by atoms with van der Waals surface area (Å²) in [7, 11) is 0. The Kier molecular flexibility index (Phi) is 6.92. The molecule has 1 aromatic carbocycles. The topological polar surface area (TPSA) is 64.0 Å². The Morgan fingerprint density at radius 3 is 2.26 bits per heavy atom. The Hall–Kier alpha value is -1.59. The van der Waals surface area contributed by atoms with Gasteiger partial charge in [0.15, 0.2) is 0 Å². The maximum absolute atomic E-state index is 11.7. The summed E-state index contributed by atoms with van der Waals surface area (Å²) in [4.78, 5) is 15.4. The lowest BCUT2D eigenvalue weighted by molar-refractivity contribution is -0.0591. The van der Waals surface area contributed by atoms with Gasteiger partial charge < -0.3 is 10.2 Å². The summed E-state index contributed by atoms with van der Waals surface area (Å²) < 4.78 is 0. The molecule has 27 heavy (non-hydrogen) atoms. The Morgan fingerprint density at radius 2 is 1.81 bits per heavy atom. The van der Waals surface area contributed by atoms with Gasteiger partial charge in [-0.2, -0.15) is 0 Å². The van der Waals surface area contributed by atoms with E-state index >= 15 is 0 Å². The monoisotopic (exact) mass is 376 g/mol. The molecule has 0 aliphatic carbocycles. The normalized spacial score (nSPS) is 22.7. The molecule has 0 aromatic heterocycles. The molecule has 1 aromatic rings. The number of piperidine rings is 1. The Bertz CT molecular complexity index is 621. The number of hydrogen-bond acceptors (Lipinski definition) is 3. The van der Waals surface area contributed by atoms with Gasteiger partial charge in [0.25, 0.3) is 0 Å². The largest absolute Gasteiger partial charge is 0.465 e. The van der Waals surface area contributed by atoms with Gasteiger partial charge in [0.2, 0.25) is 0 Å². The number of hydrogen-bond donors (Lipinski definition) is 2. The standard InChI is InChI=1S/C22H36N2O3/c1-15(2)23-12-11-18(14-20(23)25)13-17-7-9-19(10-8-17)16(3)24(21(26)27)22(4,5)6/h7-10,15-16,18,20,25H,11-14H2,1-6H3,(H,26,27)/t16-,18?,20?/m0/s1. The van der Waals surface area contributed by atoms with Gasteiger partial charge in [-0.1, -0.05) is 24.3 Å². The smallest absolute Gasteiger partial charge is 0.408 e. The predicted molar refractivity (Wildman–Crippen MR) is 109 cm³/mol. The van der Waals surface area contributed by atoms with Crippen molar-refractivity contribution in [1.82, 2.24) is 9.80 Å². The van der Waals surface area contributed by atoms with E-state index in [-0.39, 0.29) is 12.3 Å². The summed E-state index contributed by atoms with van der Waals surface area (Å²) in [5.41, 5.74) is 1.80. The molecular formula is C22H36N2O3. The van der Waals surface area contributed by atoms with Crippen molar-refractivity contribution in [3.8, 4) is 0 Å². The average Bonchev–Trinajstić information content (AvgIpc) is 2.53. The highest BCUT2D eigenvalue weighted by Gasteiger charge is 2.32. The average molecular weight is 377 g/mol. The molecule has 1 amide bonds. The Morgan fingerprint density at radius 1 is 1.22 bits per heavy atom. The molecule has 5 heteroatoms. The van der Waals surface area contributed by atoms with Crippen molar-refractivity contribution in [3.63, 3.8) is 0 Å².